The Morgan fingerprint density at radius 3 is 2.62 bits per heavy atom. The molecule has 3 rings (SSSR count). The Hall–Kier alpha value is -2.84. The molecule has 0 radical (unpaired) electrons. The number of morpholine rings is 1. The maximum absolute atomic E-state index is 13.9. The average molecular weight is 445 g/mol. The van der Waals surface area contributed by atoms with Crippen LogP contribution in [0.1, 0.15) is 17.2 Å². The van der Waals surface area contributed by atoms with Crippen molar-refractivity contribution in [2.24, 2.45) is 4.99 Å². The van der Waals surface area contributed by atoms with Gasteiger partial charge in [0.2, 0.25) is 0 Å². The van der Waals surface area contributed by atoms with E-state index in [9.17, 15) is 4.39 Å². The Bertz CT molecular complexity index is 903. The third-order valence-electron chi connectivity index (χ3n) is 5.65. The molecular weight excluding hydrogens is 411 g/mol. The van der Waals surface area contributed by atoms with E-state index in [4.69, 9.17) is 14.2 Å². The molecule has 32 heavy (non-hydrogen) atoms. The van der Waals surface area contributed by atoms with Crippen molar-refractivity contribution in [2.75, 3.05) is 61.2 Å². The van der Waals surface area contributed by atoms with Crippen molar-refractivity contribution >= 4 is 5.96 Å². The Balaban J connectivity index is 1.71. The van der Waals surface area contributed by atoms with Crippen molar-refractivity contribution < 1.29 is 18.6 Å². The minimum atomic E-state index is -0.228. The van der Waals surface area contributed by atoms with Gasteiger partial charge < -0.3 is 24.4 Å². The van der Waals surface area contributed by atoms with Gasteiger partial charge in [0.15, 0.2) is 5.96 Å². The lowest BCUT2D eigenvalue weighted by molar-refractivity contribution is 0.0168. The Labute approximate surface area is 189 Å². The van der Waals surface area contributed by atoms with Crippen LogP contribution in [-0.4, -0.2) is 76.9 Å². The second-order valence-electron chi connectivity index (χ2n) is 7.68. The molecule has 1 heterocycles. The van der Waals surface area contributed by atoms with Gasteiger partial charge in [-0.2, -0.15) is 0 Å². The van der Waals surface area contributed by atoms with Gasteiger partial charge in [-0.15, -0.1) is 0 Å². The molecule has 0 saturated carbocycles. The van der Waals surface area contributed by atoms with Crippen molar-refractivity contribution in [3.05, 3.63) is 59.4 Å². The average Bonchev–Trinajstić information content (AvgIpc) is 2.82. The zero-order valence-electron chi connectivity index (χ0n) is 19.3. The molecule has 1 unspecified atom stereocenters. The summed E-state index contributed by atoms with van der Waals surface area (Å²) in [4.78, 5) is 8.81. The van der Waals surface area contributed by atoms with Gasteiger partial charge in [0.05, 0.1) is 33.5 Å². The largest absolute Gasteiger partial charge is 0.497 e. The molecule has 0 aliphatic carbocycles. The third-order valence-corrected chi connectivity index (χ3v) is 5.65. The van der Waals surface area contributed by atoms with Crippen LogP contribution in [0.2, 0.25) is 0 Å². The summed E-state index contributed by atoms with van der Waals surface area (Å²) in [6.07, 6.45) is 0. The summed E-state index contributed by atoms with van der Waals surface area (Å²) >= 11 is 0. The topological polar surface area (TPSA) is 58.6 Å². The van der Waals surface area contributed by atoms with Crippen molar-refractivity contribution in [2.45, 2.75) is 12.6 Å². The highest BCUT2D eigenvalue weighted by Gasteiger charge is 2.24. The predicted molar refractivity (Wildman–Crippen MR) is 124 cm³/mol. The zero-order valence-corrected chi connectivity index (χ0v) is 19.3. The molecule has 0 aromatic heterocycles. The van der Waals surface area contributed by atoms with Gasteiger partial charge in [-0.05, 0) is 29.8 Å². The molecule has 8 heteroatoms. The minimum Gasteiger partial charge on any atom is -0.497 e. The van der Waals surface area contributed by atoms with Gasteiger partial charge in [0.25, 0.3) is 0 Å². The van der Waals surface area contributed by atoms with E-state index in [0.717, 1.165) is 41.7 Å². The van der Waals surface area contributed by atoms with Crippen molar-refractivity contribution in [3.8, 4) is 11.5 Å². The molecule has 1 fully saturated rings. The number of guanidine groups is 1. The van der Waals surface area contributed by atoms with E-state index in [0.29, 0.717) is 26.3 Å². The fourth-order valence-corrected chi connectivity index (χ4v) is 3.95. The van der Waals surface area contributed by atoms with E-state index >= 15 is 0 Å². The normalized spacial score (nSPS) is 15.8. The van der Waals surface area contributed by atoms with E-state index < -0.39 is 0 Å². The summed E-state index contributed by atoms with van der Waals surface area (Å²) < 4.78 is 30.3. The number of halogens is 1. The summed E-state index contributed by atoms with van der Waals surface area (Å²) in [6, 6.07) is 12.6. The number of hydrogen-bond donors (Lipinski definition) is 1. The van der Waals surface area contributed by atoms with Crippen molar-refractivity contribution in [1.82, 2.24) is 15.1 Å². The summed E-state index contributed by atoms with van der Waals surface area (Å²) in [7, 11) is 7.02. The molecule has 7 nitrogen and oxygen atoms in total. The van der Waals surface area contributed by atoms with Crippen LogP contribution in [0.15, 0.2) is 47.5 Å². The first-order valence-electron chi connectivity index (χ1n) is 10.8. The summed E-state index contributed by atoms with van der Waals surface area (Å²) in [5.74, 6) is 2.03. The molecule has 2 aromatic rings. The molecule has 1 aliphatic heterocycles. The zero-order chi connectivity index (χ0) is 22.9. The lowest BCUT2D eigenvalue weighted by atomic mass is 10.0. The third kappa shape index (κ3) is 6.11. The first-order valence-corrected chi connectivity index (χ1v) is 10.8. The van der Waals surface area contributed by atoms with Crippen molar-refractivity contribution in [3.63, 3.8) is 0 Å². The lowest BCUT2D eigenvalue weighted by Crippen LogP contribution is -2.46. The maximum atomic E-state index is 13.9. The Morgan fingerprint density at radius 2 is 1.97 bits per heavy atom. The lowest BCUT2D eigenvalue weighted by Gasteiger charge is -2.35. The molecule has 0 amide bonds. The molecule has 1 saturated heterocycles. The number of ether oxygens (including phenoxy) is 3. The van der Waals surface area contributed by atoms with Gasteiger partial charge >= 0.3 is 0 Å². The van der Waals surface area contributed by atoms with E-state index in [2.05, 4.69) is 15.2 Å². The summed E-state index contributed by atoms with van der Waals surface area (Å²) in [6.45, 7) is 4.17. The van der Waals surface area contributed by atoms with Gasteiger partial charge in [0, 0.05) is 51.9 Å². The molecule has 2 aromatic carbocycles. The number of aliphatic imine (C=N–C) groups is 1. The van der Waals surface area contributed by atoms with Gasteiger partial charge in [-0.25, -0.2) is 4.39 Å². The molecule has 1 atom stereocenters. The fourth-order valence-electron chi connectivity index (χ4n) is 3.95. The quantitative estimate of drug-likeness (QED) is 0.499. The van der Waals surface area contributed by atoms with Crippen LogP contribution < -0.4 is 14.8 Å². The van der Waals surface area contributed by atoms with E-state index in [1.807, 2.05) is 36.2 Å². The highest BCUT2D eigenvalue weighted by atomic mass is 19.1. The van der Waals surface area contributed by atoms with Crippen LogP contribution in [0, 0.1) is 5.82 Å². The maximum Gasteiger partial charge on any atom is 0.193 e. The van der Waals surface area contributed by atoms with Crippen molar-refractivity contribution in [1.29, 1.82) is 0 Å². The van der Waals surface area contributed by atoms with Crippen LogP contribution in [0.25, 0.3) is 0 Å². The van der Waals surface area contributed by atoms with Crippen LogP contribution in [0.4, 0.5) is 4.39 Å². The number of nitrogens with one attached hydrogen (secondary N) is 1. The Morgan fingerprint density at radius 1 is 1.19 bits per heavy atom. The van der Waals surface area contributed by atoms with E-state index in [1.54, 1.807) is 33.4 Å². The van der Waals surface area contributed by atoms with Crippen LogP contribution >= 0.6 is 0 Å². The second kappa shape index (κ2) is 11.7. The van der Waals surface area contributed by atoms with Gasteiger partial charge in [-0.1, -0.05) is 12.1 Å². The molecule has 1 N–H and O–H groups in total. The first kappa shape index (κ1) is 23.8. The highest BCUT2D eigenvalue weighted by Crippen LogP contribution is 2.26. The number of benzene rings is 2. The van der Waals surface area contributed by atoms with E-state index in [-0.39, 0.29) is 11.9 Å². The highest BCUT2D eigenvalue weighted by molar-refractivity contribution is 5.79. The first-order chi connectivity index (χ1) is 15.5. The van der Waals surface area contributed by atoms with Gasteiger partial charge in [-0.3, -0.25) is 9.89 Å². The molecule has 0 spiro atoms. The fraction of sp³-hybridized carbons (Fsp3) is 0.458. The smallest absolute Gasteiger partial charge is 0.193 e. The predicted octanol–water partition coefficient (Wildman–Crippen LogP) is 2.92. The van der Waals surface area contributed by atoms with Crippen LogP contribution in [-0.2, 0) is 11.3 Å². The van der Waals surface area contributed by atoms with Crippen LogP contribution in [0.3, 0.4) is 0 Å². The molecule has 1 aliphatic rings. The van der Waals surface area contributed by atoms with Crippen LogP contribution in [0.5, 0.6) is 11.5 Å². The van der Waals surface area contributed by atoms with Gasteiger partial charge in [0.1, 0.15) is 17.3 Å². The van der Waals surface area contributed by atoms with E-state index in [1.165, 1.54) is 6.07 Å². The molecular formula is C24H33FN4O3. The number of methoxy groups -OCH3 is 2. The summed E-state index contributed by atoms with van der Waals surface area (Å²) in [5.41, 5.74) is 1.96. The minimum absolute atomic E-state index is 0.00951. The number of nitrogens with zero attached hydrogens (tertiary/aromatic N) is 3. The monoisotopic (exact) mass is 444 g/mol. The second-order valence-corrected chi connectivity index (χ2v) is 7.68. The standard InChI is InChI=1S/C24H33FN4O3/c1-26-24(28(2)17-19-8-9-21(30-3)15-23(19)31-4)27-16-22(29-10-12-32-13-11-29)18-6-5-7-20(25)14-18/h5-9,14-15,22H,10-13,16-17H2,1-4H3,(H,26,27). The number of hydrogen-bond acceptors (Lipinski definition) is 5. The molecule has 0 bridgehead atoms. The summed E-state index contributed by atoms with van der Waals surface area (Å²) in [5, 5.41) is 3.47. The number of rotatable bonds is 8. The Kier molecular flexibility index (Phi) is 8.70. The molecule has 174 valence electrons. The SMILES string of the molecule is CN=C(NCC(c1cccc(F)c1)N1CCOCC1)N(C)Cc1ccc(OC)cc1OC.